The van der Waals surface area contributed by atoms with Crippen LogP contribution in [0, 0.1) is 12.3 Å². The smallest absolute Gasteiger partial charge is 0.255 e. The van der Waals surface area contributed by atoms with Crippen LogP contribution in [0.5, 0.6) is 0 Å². The fourth-order valence-corrected chi connectivity index (χ4v) is 4.68. The maximum absolute atomic E-state index is 12.8. The summed E-state index contributed by atoms with van der Waals surface area (Å²) < 4.78 is 0. The molecule has 1 aromatic heterocycles. The monoisotopic (exact) mass is 342 g/mol. The zero-order valence-corrected chi connectivity index (χ0v) is 15.1. The minimum absolute atomic E-state index is 0.0176. The summed E-state index contributed by atoms with van der Waals surface area (Å²) in [4.78, 5) is 35.6. The van der Waals surface area contributed by atoms with Crippen molar-refractivity contribution in [3.63, 3.8) is 0 Å². The second-order valence-corrected chi connectivity index (χ2v) is 8.08. The van der Waals surface area contributed by atoms with Gasteiger partial charge in [0.25, 0.3) is 5.91 Å². The average Bonchev–Trinajstić information content (AvgIpc) is 3.20. The average molecular weight is 342 g/mol. The number of likely N-dealkylation sites (tertiary alicyclic amines) is 3. The van der Waals surface area contributed by atoms with Gasteiger partial charge in [0.2, 0.25) is 5.91 Å². The van der Waals surface area contributed by atoms with Gasteiger partial charge in [0, 0.05) is 50.5 Å². The molecule has 4 rings (SSSR count). The van der Waals surface area contributed by atoms with Crippen molar-refractivity contribution in [3.05, 3.63) is 29.6 Å². The lowest BCUT2D eigenvalue weighted by atomic mass is 9.77. The van der Waals surface area contributed by atoms with Gasteiger partial charge in [0.05, 0.1) is 11.6 Å². The number of hydrogen-bond donors (Lipinski definition) is 0. The highest BCUT2D eigenvalue weighted by atomic mass is 16.2. The Morgan fingerprint density at radius 1 is 1.12 bits per heavy atom. The SMILES string of the molecule is Cc1cncc(C(=O)N2CC3(CC(C(=O)N4CCCC4)N(C)C3)C2)c1. The number of aromatic nitrogens is 1. The molecule has 1 unspecified atom stereocenters. The third-order valence-corrected chi connectivity index (χ3v) is 5.91. The third-order valence-electron chi connectivity index (χ3n) is 5.91. The first-order valence-electron chi connectivity index (χ1n) is 9.17. The quantitative estimate of drug-likeness (QED) is 0.809. The van der Waals surface area contributed by atoms with Crippen LogP contribution < -0.4 is 0 Å². The summed E-state index contributed by atoms with van der Waals surface area (Å²) >= 11 is 0. The van der Waals surface area contributed by atoms with Crippen LogP contribution in [-0.2, 0) is 4.79 Å². The van der Waals surface area contributed by atoms with E-state index in [-0.39, 0.29) is 23.3 Å². The molecule has 0 aromatic carbocycles. The van der Waals surface area contributed by atoms with E-state index in [0.717, 1.165) is 57.5 Å². The van der Waals surface area contributed by atoms with Crippen LogP contribution in [0.25, 0.3) is 0 Å². The van der Waals surface area contributed by atoms with Gasteiger partial charge in [0.15, 0.2) is 0 Å². The van der Waals surface area contributed by atoms with E-state index in [1.807, 2.05) is 29.8 Å². The van der Waals surface area contributed by atoms with Crippen LogP contribution in [0.4, 0.5) is 0 Å². The number of aryl methyl sites for hydroxylation is 1. The first-order valence-corrected chi connectivity index (χ1v) is 9.17. The Morgan fingerprint density at radius 3 is 2.52 bits per heavy atom. The number of carbonyl (C=O) groups excluding carboxylic acids is 2. The van der Waals surface area contributed by atoms with Crippen molar-refractivity contribution in [2.45, 2.75) is 32.2 Å². The maximum atomic E-state index is 12.8. The van der Waals surface area contributed by atoms with E-state index in [1.165, 1.54) is 0 Å². The molecule has 3 fully saturated rings. The molecule has 25 heavy (non-hydrogen) atoms. The predicted octanol–water partition coefficient (Wildman–Crippen LogP) is 1.16. The van der Waals surface area contributed by atoms with Crippen LogP contribution >= 0.6 is 0 Å². The lowest BCUT2D eigenvalue weighted by Crippen LogP contribution is -2.59. The van der Waals surface area contributed by atoms with Gasteiger partial charge >= 0.3 is 0 Å². The minimum Gasteiger partial charge on any atom is -0.341 e. The Labute approximate surface area is 148 Å². The molecular weight excluding hydrogens is 316 g/mol. The van der Waals surface area contributed by atoms with E-state index in [0.29, 0.717) is 5.56 Å². The molecule has 1 spiro atoms. The van der Waals surface area contributed by atoms with Crippen molar-refractivity contribution < 1.29 is 9.59 Å². The second-order valence-electron chi connectivity index (χ2n) is 8.08. The fourth-order valence-electron chi connectivity index (χ4n) is 4.68. The number of likely N-dealkylation sites (N-methyl/N-ethyl adjacent to an activating group) is 1. The highest BCUT2D eigenvalue weighted by Gasteiger charge is 2.54. The summed E-state index contributed by atoms with van der Waals surface area (Å²) in [6.45, 7) is 6.14. The number of rotatable bonds is 2. The number of carbonyl (C=O) groups is 2. The van der Waals surface area contributed by atoms with Crippen LogP contribution in [-0.4, -0.2) is 77.3 Å². The largest absolute Gasteiger partial charge is 0.341 e. The number of pyridine rings is 1. The summed E-state index contributed by atoms with van der Waals surface area (Å²) in [5.41, 5.74) is 1.74. The van der Waals surface area contributed by atoms with Crippen LogP contribution in [0.2, 0.25) is 0 Å². The van der Waals surface area contributed by atoms with Gasteiger partial charge in [0.1, 0.15) is 0 Å². The van der Waals surface area contributed by atoms with Gasteiger partial charge in [-0.15, -0.1) is 0 Å². The van der Waals surface area contributed by atoms with Gasteiger partial charge in [-0.3, -0.25) is 19.5 Å². The van der Waals surface area contributed by atoms with Gasteiger partial charge in [-0.05, 0) is 44.9 Å². The second kappa shape index (κ2) is 6.09. The summed E-state index contributed by atoms with van der Waals surface area (Å²) in [5.74, 6) is 0.336. The molecule has 3 saturated heterocycles. The molecule has 0 bridgehead atoms. The first-order chi connectivity index (χ1) is 12.0. The van der Waals surface area contributed by atoms with E-state index in [1.54, 1.807) is 12.4 Å². The summed E-state index contributed by atoms with van der Waals surface area (Å²) in [6, 6.07) is 1.87. The number of amides is 2. The summed E-state index contributed by atoms with van der Waals surface area (Å²) in [6.07, 6.45) is 6.52. The molecule has 0 aliphatic carbocycles. The van der Waals surface area contributed by atoms with Crippen molar-refractivity contribution in [1.29, 1.82) is 0 Å². The molecule has 3 aliphatic rings. The number of hydrogen-bond acceptors (Lipinski definition) is 4. The Morgan fingerprint density at radius 2 is 1.84 bits per heavy atom. The van der Waals surface area contributed by atoms with Crippen LogP contribution in [0.1, 0.15) is 35.2 Å². The molecule has 0 radical (unpaired) electrons. The van der Waals surface area contributed by atoms with E-state index in [4.69, 9.17) is 0 Å². The Balaban J connectivity index is 1.39. The first kappa shape index (κ1) is 16.5. The summed E-state index contributed by atoms with van der Waals surface area (Å²) in [7, 11) is 2.04. The number of nitrogens with zero attached hydrogens (tertiary/aromatic N) is 4. The predicted molar refractivity (Wildman–Crippen MR) is 94.2 cm³/mol. The highest BCUT2D eigenvalue weighted by Crippen LogP contribution is 2.43. The lowest BCUT2D eigenvalue weighted by Gasteiger charge is -2.48. The topological polar surface area (TPSA) is 56.8 Å². The normalized spacial score (nSPS) is 25.4. The molecule has 0 saturated carbocycles. The van der Waals surface area contributed by atoms with E-state index in [9.17, 15) is 9.59 Å². The van der Waals surface area contributed by atoms with Gasteiger partial charge < -0.3 is 9.80 Å². The molecule has 1 atom stereocenters. The lowest BCUT2D eigenvalue weighted by molar-refractivity contribution is -0.134. The van der Waals surface area contributed by atoms with Crippen LogP contribution in [0.3, 0.4) is 0 Å². The maximum Gasteiger partial charge on any atom is 0.255 e. The molecule has 3 aliphatic heterocycles. The molecule has 134 valence electrons. The molecule has 4 heterocycles. The Hall–Kier alpha value is -1.95. The molecule has 1 aromatic rings. The Bertz CT molecular complexity index is 692. The van der Waals surface area contributed by atoms with Crippen molar-refractivity contribution in [2.75, 3.05) is 39.8 Å². The van der Waals surface area contributed by atoms with Crippen molar-refractivity contribution in [2.24, 2.45) is 5.41 Å². The van der Waals surface area contributed by atoms with Crippen molar-refractivity contribution in [1.82, 2.24) is 19.7 Å². The van der Waals surface area contributed by atoms with E-state index >= 15 is 0 Å². The Kier molecular flexibility index (Phi) is 4.02. The van der Waals surface area contributed by atoms with E-state index in [2.05, 4.69) is 9.88 Å². The van der Waals surface area contributed by atoms with Crippen molar-refractivity contribution in [3.8, 4) is 0 Å². The zero-order chi connectivity index (χ0) is 17.6. The van der Waals surface area contributed by atoms with Gasteiger partial charge in [-0.25, -0.2) is 0 Å². The fraction of sp³-hybridized carbons (Fsp3) is 0.632. The highest BCUT2D eigenvalue weighted by molar-refractivity contribution is 5.94. The third kappa shape index (κ3) is 2.92. The molecule has 6 nitrogen and oxygen atoms in total. The molecule has 6 heteroatoms. The standard InChI is InChI=1S/C19H26N4O2/c1-14-7-15(10-20-9-14)17(24)23-12-19(13-23)8-16(21(2)11-19)18(25)22-5-3-4-6-22/h7,9-10,16H,3-6,8,11-13H2,1-2H3. The summed E-state index contributed by atoms with van der Waals surface area (Å²) in [5, 5.41) is 0. The van der Waals surface area contributed by atoms with Gasteiger partial charge in [-0.2, -0.15) is 0 Å². The van der Waals surface area contributed by atoms with Crippen molar-refractivity contribution >= 4 is 11.8 Å². The zero-order valence-electron chi connectivity index (χ0n) is 15.1. The molecular formula is C19H26N4O2. The molecule has 0 N–H and O–H groups in total. The van der Waals surface area contributed by atoms with Gasteiger partial charge in [-0.1, -0.05) is 0 Å². The molecule has 2 amide bonds. The van der Waals surface area contributed by atoms with E-state index < -0.39 is 0 Å². The minimum atomic E-state index is -0.0176. The van der Waals surface area contributed by atoms with Crippen LogP contribution in [0.15, 0.2) is 18.5 Å².